The first-order chi connectivity index (χ1) is 10.3. The van der Waals surface area contributed by atoms with Gasteiger partial charge in [-0.15, -0.1) is 0 Å². The molecule has 0 amide bonds. The monoisotopic (exact) mass is 298 g/mol. The molecule has 0 saturated heterocycles. The van der Waals surface area contributed by atoms with Crippen LogP contribution in [0, 0.1) is 0 Å². The van der Waals surface area contributed by atoms with E-state index in [-0.39, 0.29) is 22.3 Å². The summed E-state index contributed by atoms with van der Waals surface area (Å²) >= 11 is 0. The summed E-state index contributed by atoms with van der Waals surface area (Å²) in [5, 5.41) is 20.4. The molecule has 1 unspecified atom stereocenters. The average Bonchev–Trinajstić information content (AvgIpc) is 2.67. The molecule has 0 radical (unpaired) electrons. The predicted molar refractivity (Wildman–Crippen MR) is 86.9 cm³/mol. The average molecular weight is 298 g/mol. The second-order valence-corrected chi connectivity index (χ2v) is 7.01. The minimum atomic E-state index is -0.339. The molecule has 1 atom stereocenters. The zero-order chi connectivity index (χ0) is 16.1. The first kappa shape index (κ1) is 14.8. The van der Waals surface area contributed by atoms with Gasteiger partial charge in [0, 0.05) is 17.0 Å². The molecule has 0 spiro atoms. The van der Waals surface area contributed by atoms with Crippen molar-refractivity contribution >= 4 is 0 Å². The summed E-state index contributed by atoms with van der Waals surface area (Å²) in [5.41, 5.74) is 2.63. The van der Waals surface area contributed by atoms with Crippen molar-refractivity contribution < 1.29 is 14.9 Å². The maximum absolute atomic E-state index is 10.6. The Morgan fingerprint density at radius 2 is 1.77 bits per heavy atom. The number of phenolic OH excluding ortho intramolecular Hbond substituents is 2. The Morgan fingerprint density at radius 1 is 1.05 bits per heavy atom. The van der Waals surface area contributed by atoms with E-state index >= 15 is 0 Å². The van der Waals surface area contributed by atoms with E-state index in [0.717, 1.165) is 23.1 Å². The first-order valence-corrected chi connectivity index (χ1v) is 7.49. The molecule has 2 aromatic carbocycles. The third-order valence-electron chi connectivity index (χ3n) is 4.89. The van der Waals surface area contributed by atoms with Crippen molar-refractivity contribution in [1.82, 2.24) is 0 Å². The first-order valence-electron chi connectivity index (χ1n) is 7.49. The van der Waals surface area contributed by atoms with Crippen LogP contribution >= 0.6 is 0 Å². The molecule has 3 rings (SSSR count). The van der Waals surface area contributed by atoms with Crippen LogP contribution in [0.5, 0.6) is 17.2 Å². The van der Waals surface area contributed by atoms with Crippen LogP contribution in [0.4, 0.5) is 0 Å². The number of hydrogen-bond donors (Lipinski definition) is 2. The number of ether oxygens (including phenoxy) is 1. The Kier molecular flexibility index (Phi) is 3.13. The van der Waals surface area contributed by atoms with Gasteiger partial charge in [-0.2, -0.15) is 0 Å². The van der Waals surface area contributed by atoms with Gasteiger partial charge in [0.05, 0.1) is 7.11 Å². The summed E-state index contributed by atoms with van der Waals surface area (Å²) < 4.78 is 5.31. The van der Waals surface area contributed by atoms with E-state index in [1.54, 1.807) is 25.3 Å². The lowest BCUT2D eigenvalue weighted by molar-refractivity contribution is 0.403. The normalized spacial score (nSPS) is 22.4. The largest absolute Gasteiger partial charge is 0.508 e. The van der Waals surface area contributed by atoms with Crippen LogP contribution in [-0.2, 0) is 10.8 Å². The highest BCUT2D eigenvalue weighted by Gasteiger charge is 2.47. The summed E-state index contributed by atoms with van der Waals surface area (Å²) in [6, 6.07) is 11.0. The Morgan fingerprint density at radius 3 is 2.41 bits per heavy atom. The predicted octanol–water partition coefficient (Wildman–Crippen LogP) is 4.09. The van der Waals surface area contributed by atoms with Gasteiger partial charge in [-0.25, -0.2) is 0 Å². The molecule has 116 valence electrons. The highest BCUT2D eigenvalue weighted by Crippen LogP contribution is 2.56. The Bertz CT molecular complexity index is 733. The molecule has 2 N–H and O–H groups in total. The van der Waals surface area contributed by atoms with Gasteiger partial charge in [0.2, 0.25) is 0 Å². The highest BCUT2D eigenvalue weighted by atomic mass is 16.5. The maximum Gasteiger partial charge on any atom is 0.123 e. The van der Waals surface area contributed by atoms with Gasteiger partial charge in [0.1, 0.15) is 17.2 Å². The quantitative estimate of drug-likeness (QED) is 0.878. The number of rotatable bonds is 2. The molecular weight excluding hydrogens is 276 g/mol. The molecular formula is C19H22O3. The Balaban J connectivity index is 2.27. The second kappa shape index (κ2) is 4.67. The van der Waals surface area contributed by atoms with Crippen LogP contribution in [0.3, 0.4) is 0 Å². The molecule has 1 aliphatic carbocycles. The molecule has 0 bridgehead atoms. The van der Waals surface area contributed by atoms with E-state index in [0.29, 0.717) is 5.75 Å². The molecule has 0 heterocycles. The summed E-state index contributed by atoms with van der Waals surface area (Å²) in [7, 11) is 1.61. The van der Waals surface area contributed by atoms with Gasteiger partial charge in [-0.1, -0.05) is 32.9 Å². The van der Waals surface area contributed by atoms with Crippen LogP contribution in [0.2, 0.25) is 0 Å². The van der Waals surface area contributed by atoms with Crippen molar-refractivity contribution in [2.24, 2.45) is 0 Å². The standard InChI is InChI=1S/C19H22O3/c1-18(2)11-19(3,12-6-5-7-13(20)8-12)17-15(18)9-14(22-4)10-16(17)21/h5-10,20-21H,11H2,1-4H3. The molecule has 22 heavy (non-hydrogen) atoms. The second-order valence-electron chi connectivity index (χ2n) is 7.01. The van der Waals surface area contributed by atoms with Crippen LogP contribution in [0.1, 0.15) is 43.9 Å². The van der Waals surface area contributed by atoms with Gasteiger partial charge in [0.25, 0.3) is 0 Å². The van der Waals surface area contributed by atoms with E-state index in [9.17, 15) is 10.2 Å². The SMILES string of the molecule is COc1cc(O)c2c(c1)C(C)(C)CC2(C)c1cccc(O)c1. The third-order valence-corrected chi connectivity index (χ3v) is 4.89. The topological polar surface area (TPSA) is 49.7 Å². The van der Waals surface area contributed by atoms with E-state index in [1.165, 1.54) is 0 Å². The number of benzene rings is 2. The summed E-state index contributed by atoms with van der Waals surface area (Å²) in [4.78, 5) is 0. The third kappa shape index (κ3) is 2.04. The zero-order valence-electron chi connectivity index (χ0n) is 13.5. The smallest absolute Gasteiger partial charge is 0.123 e. The van der Waals surface area contributed by atoms with Crippen molar-refractivity contribution in [3.63, 3.8) is 0 Å². The van der Waals surface area contributed by atoms with Crippen molar-refractivity contribution in [2.45, 2.75) is 38.0 Å². The fraction of sp³-hybridized carbons (Fsp3) is 0.368. The molecule has 1 aliphatic rings. The zero-order valence-corrected chi connectivity index (χ0v) is 13.5. The number of hydrogen-bond acceptors (Lipinski definition) is 3. The van der Waals surface area contributed by atoms with E-state index in [4.69, 9.17) is 4.74 Å². The maximum atomic E-state index is 10.6. The molecule has 0 fully saturated rings. The van der Waals surface area contributed by atoms with Crippen LogP contribution in [-0.4, -0.2) is 17.3 Å². The van der Waals surface area contributed by atoms with Crippen molar-refractivity contribution in [3.05, 3.63) is 53.1 Å². The lowest BCUT2D eigenvalue weighted by atomic mass is 9.75. The van der Waals surface area contributed by atoms with Crippen molar-refractivity contribution in [3.8, 4) is 17.2 Å². The van der Waals surface area contributed by atoms with Gasteiger partial charge in [-0.05, 0) is 41.2 Å². The lowest BCUT2D eigenvalue weighted by Crippen LogP contribution is -2.23. The Hall–Kier alpha value is -2.16. The highest BCUT2D eigenvalue weighted by molar-refractivity contribution is 5.60. The van der Waals surface area contributed by atoms with E-state index < -0.39 is 0 Å². The number of methoxy groups -OCH3 is 1. The van der Waals surface area contributed by atoms with Crippen molar-refractivity contribution in [1.29, 1.82) is 0 Å². The fourth-order valence-corrected chi connectivity index (χ4v) is 4.00. The molecule has 2 aromatic rings. The summed E-state index contributed by atoms with van der Waals surface area (Å²) in [6.07, 6.45) is 0.861. The minimum Gasteiger partial charge on any atom is -0.508 e. The summed E-state index contributed by atoms with van der Waals surface area (Å²) in [5.74, 6) is 1.17. The molecule has 0 aromatic heterocycles. The summed E-state index contributed by atoms with van der Waals surface area (Å²) in [6.45, 7) is 6.49. The molecule has 0 aliphatic heterocycles. The number of phenols is 2. The molecule has 3 nitrogen and oxygen atoms in total. The van der Waals surface area contributed by atoms with Gasteiger partial charge in [0.15, 0.2) is 0 Å². The van der Waals surface area contributed by atoms with Gasteiger partial charge >= 0.3 is 0 Å². The number of aromatic hydroxyl groups is 2. The van der Waals surface area contributed by atoms with Crippen molar-refractivity contribution in [2.75, 3.05) is 7.11 Å². The van der Waals surface area contributed by atoms with E-state index in [2.05, 4.69) is 20.8 Å². The Labute approximate surface area is 131 Å². The van der Waals surface area contributed by atoms with Crippen LogP contribution < -0.4 is 4.74 Å². The van der Waals surface area contributed by atoms with Crippen LogP contribution in [0.15, 0.2) is 36.4 Å². The molecule has 3 heteroatoms. The van der Waals surface area contributed by atoms with E-state index in [1.807, 2.05) is 18.2 Å². The van der Waals surface area contributed by atoms with Crippen LogP contribution in [0.25, 0.3) is 0 Å². The van der Waals surface area contributed by atoms with Gasteiger partial charge < -0.3 is 14.9 Å². The lowest BCUT2D eigenvalue weighted by Gasteiger charge is -2.28. The minimum absolute atomic E-state index is 0.0818. The fourth-order valence-electron chi connectivity index (χ4n) is 4.00. The number of fused-ring (bicyclic) bond motifs is 1. The molecule has 0 saturated carbocycles. The van der Waals surface area contributed by atoms with Gasteiger partial charge in [-0.3, -0.25) is 0 Å².